The number of benzene rings is 2. The fourth-order valence-corrected chi connectivity index (χ4v) is 3.85. The molecule has 0 saturated carbocycles. The molecule has 2 aromatic carbocycles. The minimum atomic E-state index is -3.91. The van der Waals surface area contributed by atoms with E-state index in [0.717, 1.165) is 0 Å². The number of ether oxygens (including phenoxy) is 1. The fourth-order valence-electron chi connectivity index (χ4n) is 2.64. The summed E-state index contributed by atoms with van der Waals surface area (Å²) in [6.07, 6.45) is 0.304. The van der Waals surface area contributed by atoms with Crippen molar-refractivity contribution in [3.05, 3.63) is 59.9 Å². The summed E-state index contributed by atoms with van der Waals surface area (Å²) >= 11 is 0. The van der Waals surface area contributed by atoms with Crippen LogP contribution in [0.25, 0.3) is 0 Å². The Morgan fingerprint density at radius 2 is 1.75 bits per heavy atom. The highest BCUT2D eigenvalue weighted by Crippen LogP contribution is 2.17. The van der Waals surface area contributed by atoms with Gasteiger partial charge in [0, 0.05) is 12.1 Å². The Balaban J connectivity index is 2.12. The first-order valence-corrected chi connectivity index (χ1v) is 10.4. The summed E-state index contributed by atoms with van der Waals surface area (Å²) in [5, 5.41) is 2.61. The minimum Gasteiger partial charge on any atom is -0.497 e. The molecule has 1 amide bonds. The number of methoxy groups -OCH3 is 1. The second-order valence-electron chi connectivity index (χ2n) is 6.79. The van der Waals surface area contributed by atoms with Gasteiger partial charge in [-0.25, -0.2) is 12.8 Å². The standard InChI is InChI=1S/C20H25FN2O4S/c1-14(2)12-19(20(24)22-13-15-6-4-5-7-18(15)21)23-28(25,26)17-10-8-16(27-3)9-11-17/h4-11,14,19,23H,12-13H2,1-3H3,(H,22,24)/t19-/m0/s1. The molecule has 2 rings (SSSR count). The molecule has 6 nitrogen and oxygen atoms in total. The van der Waals surface area contributed by atoms with E-state index in [9.17, 15) is 17.6 Å². The molecule has 0 aliphatic carbocycles. The van der Waals surface area contributed by atoms with Gasteiger partial charge in [-0.1, -0.05) is 32.0 Å². The summed E-state index contributed by atoms with van der Waals surface area (Å²) in [4.78, 5) is 12.6. The number of amides is 1. The molecular weight excluding hydrogens is 383 g/mol. The second kappa shape index (κ2) is 9.66. The molecule has 0 unspecified atom stereocenters. The van der Waals surface area contributed by atoms with Crippen LogP contribution >= 0.6 is 0 Å². The van der Waals surface area contributed by atoms with Crippen LogP contribution in [0.2, 0.25) is 0 Å². The molecule has 1 atom stereocenters. The van der Waals surface area contributed by atoms with E-state index >= 15 is 0 Å². The normalized spacial score (nSPS) is 12.6. The van der Waals surface area contributed by atoms with Gasteiger partial charge in [-0.15, -0.1) is 0 Å². The highest BCUT2D eigenvalue weighted by Gasteiger charge is 2.26. The molecule has 0 radical (unpaired) electrons. The van der Waals surface area contributed by atoms with E-state index in [0.29, 0.717) is 17.7 Å². The van der Waals surface area contributed by atoms with Gasteiger partial charge in [-0.3, -0.25) is 4.79 Å². The van der Waals surface area contributed by atoms with E-state index in [1.165, 1.54) is 37.4 Å². The molecule has 0 aromatic heterocycles. The Bertz CT molecular complexity index is 899. The predicted molar refractivity (Wildman–Crippen MR) is 105 cm³/mol. The molecule has 0 aliphatic rings. The number of hydrogen-bond acceptors (Lipinski definition) is 4. The maximum atomic E-state index is 13.7. The summed E-state index contributed by atoms with van der Waals surface area (Å²) in [6, 6.07) is 11.0. The van der Waals surface area contributed by atoms with E-state index in [2.05, 4.69) is 10.0 Å². The lowest BCUT2D eigenvalue weighted by Crippen LogP contribution is -2.47. The zero-order chi connectivity index (χ0) is 20.7. The van der Waals surface area contributed by atoms with E-state index in [-0.39, 0.29) is 17.4 Å². The van der Waals surface area contributed by atoms with Crippen molar-refractivity contribution in [1.82, 2.24) is 10.0 Å². The van der Waals surface area contributed by atoms with Crippen molar-refractivity contribution in [3.8, 4) is 5.75 Å². The van der Waals surface area contributed by atoms with Crippen molar-refractivity contribution < 1.29 is 22.3 Å². The van der Waals surface area contributed by atoms with Crippen molar-refractivity contribution in [2.75, 3.05) is 7.11 Å². The smallest absolute Gasteiger partial charge is 0.241 e. The van der Waals surface area contributed by atoms with Gasteiger partial charge in [0.1, 0.15) is 17.6 Å². The van der Waals surface area contributed by atoms with Crippen molar-refractivity contribution in [2.45, 2.75) is 37.8 Å². The predicted octanol–water partition coefficient (Wildman–Crippen LogP) is 2.84. The summed E-state index contributed by atoms with van der Waals surface area (Å²) in [7, 11) is -2.42. The van der Waals surface area contributed by atoms with Crippen molar-refractivity contribution in [3.63, 3.8) is 0 Å². The molecule has 0 bridgehead atoms. The van der Waals surface area contributed by atoms with Gasteiger partial charge in [-0.05, 0) is 42.7 Å². The van der Waals surface area contributed by atoms with Crippen molar-refractivity contribution in [2.24, 2.45) is 5.92 Å². The van der Waals surface area contributed by atoms with E-state index in [4.69, 9.17) is 4.74 Å². The summed E-state index contributed by atoms with van der Waals surface area (Å²) in [6.45, 7) is 3.75. The molecule has 0 heterocycles. The average molecular weight is 408 g/mol. The molecule has 0 saturated heterocycles. The van der Waals surface area contributed by atoms with E-state index in [1.54, 1.807) is 18.2 Å². The summed E-state index contributed by atoms with van der Waals surface area (Å²) < 4.78 is 46.5. The van der Waals surface area contributed by atoms with Crippen LogP contribution in [0.5, 0.6) is 5.75 Å². The van der Waals surface area contributed by atoms with Crippen LogP contribution in [-0.4, -0.2) is 27.5 Å². The minimum absolute atomic E-state index is 0.0234. The van der Waals surface area contributed by atoms with Gasteiger partial charge >= 0.3 is 0 Å². The summed E-state index contributed by atoms with van der Waals surface area (Å²) in [5.41, 5.74) is 0.331. The monoisotopic (exact) mass is 408 g/mol. The lowest BCUT2D eigenvalue weighted by molar-refractivity contribution is -0.123. The average Bonchev–Trinajstić information content (AvgIpc) is 2.66. The SMILES string of the molecule is COc1ccc(S(=O)(=O)N[C@@H](CC(C)C)C(=O)NCc2ccccc2F)cc1. The van der Waals surface area contributed by atoms with Crippen LogP contribution in [0.3, 0.4) is 0 Å². The Hall–Kier alpha value is -2.45. The zero-order valence-electron chi connectivity index (χ0n) is 16.1. The van der Waals surface area contributed by atoms with Crippen LogP contribution in [0.4, 0.5) is 4.39 Å². The fraction of sp³-hybridized carbons (Fsp3) is 0.350. The lowest BCUT2D eigenvalue weighted by Gasteiger charge is -2.20. The molecule has 2 aromatic rings. The third-order valence-electron chi connectivity index (χ3n) is 4.10. The summed E-state index contributed by atoms with van der Waals surface area (Å²) in [5.74, 6) is -0.334. The van der Waals surface area contributed by atoms with Gasteiger partial charge in [-0.2, -0.15) is 4.72 Å². The number of carbonyl (C=O) groups excluding carboxylic acids is 1. The molecule has 0 fully saturated rings. The largest absolute Gasteiger partial charge is 0.497 e. The van der Waals surface area contributed by atoms with Crippen LogP contribution in [-0.2, 0) is 21.4 Å². The molecule has 28 heavy (non-hydrogen) atoms. The third kappa shape index (κ3) is 6.03. The molecule has 0 spiro atoms. The molecule has 2 N–H and O–H groups in total. The Morgan fingerprint density at radius 1 is 1.11 bits per heavy atom. The van der Waals surface area contributed by atoms with Gasteiger partial charge in [0.15, 0.2) is 0 Å². The van der Waals surface area contributed by atoms with E-state index in [1.807, 2.05) is 13.8 Å². The molecule has 152 valence electrons. The van der Waals surface area contributed by atoms with Crippen LogP contribution < -0.4 is 14.8 Å². The Kier molecular flexibility index (Phi) is 7.53. The second-order valence-corrected chi connectivity index (χ2v) is 8.50. The maximum absolute atomic E-state index is 13.7. The van der Waals surface area contributed by atoms with Crippen molar-refractivity contribution in [1.29, 1.82) is 0 Å². The molecule has 8 heteroatoms. The Labute approximate surface area is 165 Å². The third-order valence-corrected chi connectivity index (χ3v) is 5.59. The maximum Gasteiger partial charge on any atom is 0.241 e. The van der Waals surface area contributed by atoms with E-state index < -0.39 is 27.8 Å². The number of hydrogen-bond donors (Lipinski definition) is 2. The number of nitrogens with one attached hydrogen (secondary N) is 2. The van der Waals surface area contributed by atoms with Gasteiger partial charge in [0.2, 0.25) is 15.9 Å². The lowest BCUT2D eigenvalue weighted by atomic mass is 10.0. The zero-order valence-corrected chi connectivity index (χ0v) is 16.9. The Morgan fingerprint density at radius 3 is 2.32 bits per heavy atom. The molecule has 0 aliphatic heterocycles. The first-order chi connectivity index (χ1) is 13.2. The quantitative estimate of drug-likeness (QED) is 0.668. The van der Waals surface area contributed by atoms with Crippen LogP contribution in [0.1, 0.15) is 25.8 Å². The first kappa shape index (κ1) is 21.8. The highest BCUT2D eigenvalue weighted by atomic mass is 32.2. The van der Waals surface area contributed by atoms with Crippen LogP contribution in [0.15, 0.2) is 53.4 Å². The van der Waals surface area contributed by atoms with Gasteiger partial charge in [0.25, 0.3) is 0 Å². The van der Waals surface area contributed by atoms with Gasteiger partial charge < -0.3 is 10.1 Å². The number of halogens is 1. The van der Waals surface area contributed by atoms with Crippen molar-refractivity contribution >= 4 is 15.9 Å². The highest BCUT2D eigenvalue weighted by molar-refractivity contribution is 7.89. The molecular formula is C20H25FN2O4S. The number of rotatable bonds is 9. The number of sulfonamides is 1. The number of carbonyl (C=O) groups is 1. The van der Waals surface area contributed by atoms with Crippen LogP contribution in [0, 0.1) is 11.7 Å². The first-order valence-electron chi connectivity index (χ1n) is 8.90. The van der Waals surface area contributed by atoms with Gasteiger partial charge in [0.05, 0.1) is 12.0 Å². The topological polar surface area (TPSA) is 84.5 Å².